The minimum absolute atomic E-state index is 0.0528. The summed E-state index contributed by atoms with van der Waals surface area (Å²) in [5, 5.41) is 18.3. The minimum atomic E-state index is -0.823. The number of benzene rings is 1. The van der Waals surface area contributed by atoms with Crippen LogP contribution in [0, 0.1) is 0 Å². The number of aromatic nitrogens is 2. The van der Waals surface area contributed by atoms with Gasteiger partial charge in [0.25, 0.3) is 0 Å². The molecule has 0 aliphatic carbocycles. The minimum Gasteiger partial charge on any atom is -0.486 e. The number of nitrogens with zero attached hydrogens (tertiary/aromatic N) is 3. The molecule has 0 saturated carbocycles. The zero-order valence-electron chi connectivity index (χ0n) is 17.2. The standard InChI is InChI=1S/C22H30N4O4/c27-21(5-3-11-26-12-4-8-23-26)24-18(16-25-9-1-2-10-25)22(28)17-6-7-19-20(15-17)30-14-13-29-19/h4,6-8,12,15,18,22,28H,1-3,5,9-11,13-14,16H2,(H,24,27)/t18-,22-/m1/s1. The highest BCUT2D eigenvalue weighted by Gasteiger charge is 2.27. The highest BCUT2D eigenvalue weighted by Crippen LogP contribution is 2.33. The number of rotatable bonds is 9. The van der Waals surface area contributed by atoms with Crippen molar-refractivity contribution in [3.05, 3.63) is 42.2 Å². The van der Waals surface area contributed by atoms with Crippen molar-refractivity contribution in [1.82, 2.24) is 20.0 Å². The van der Waals surface area contributed by atoms with E-state index >= 15 is 0 Å². The molecule has 1 saturated heterocycles. The molecule has 30 heavy (non-hydrogen) atoms. The van der Waals surface area contributed by atoms with Gasteiger partial charge in [0.05, 0.1) is 6.04 Å². The van der Waals surface area contributed by atoms with Gasteiger partial charge in [-0.05, 0) is 56.1 Å². The number of aryl methyl sites for hydroxylation is 1. The molecular formula is C22H30N4O4. The lowest BCUT2D eigenvalue weighted by molar-refractivity contribution is -0.123. The molecule has 2 aliphatic rings. The summed E-state index contributed by atoms with van der Waals surface area (Å²) in [5.41, 5.74) is 0.722. The van der Waals surface area contributed by atoms with E-state index in [4.69, 9.17) is 9.47 Å². The fourth-order valence-electron chi connectivity index (χ4n) is 4.06. The van der Waals surface area contributed by atoms with Crippen molar-refractivity contribution in [2.24, 2.45) is 0 Å². The van der Waals surface area contributed by atoms with Gasteiger partial charge in [-0.2, -0.15) is 5.10 Å². The van der Waals surface area contributed by atoms with E-state index in [1.807, 2.05) is 35.1 Å². The maximum absolute atomic E-state index is 12.6. The number of carbonyl (C=O) groups is 1. The van der Waals surface area contributed by atoms with Gasteiger partial charge in [-0.3, -0.25) is 9.48 Å². The van der Waals surface area contributed by atoms with Crippen LogP contribution in [-0.2, 0) is 11.3 Å². The van der Waals surface area contributed by atoms with Crippen LogP contribution in [0.3, 0.4) is 0 Å². The van der Waals surface area contributed by atoms with Crippen molar-refractivity contribution < 1.29 is 19.4 Å². The summed E-state index contributed by atoms with van der Waals surface area (Å²) in [6.45, 7) is 4.35. The SMILES string of the molecule is O=C(CCCn1cccn1)N[C@H](CN1CCCC1)[C@H](O)c1ccc2c(c1)OCCO2. The monoisotopic (exact) mass is 414 g/mol. The third-order valence-corrected chi connectivity index (χ3v) is 5.64. The number of hydrogen-bond acceptors (Lipinski definition) is 6. The second-order valence-corrected chi connectivity index (χ2v) is 7.90. The van der Waals surface area contributed by atoms with Crippen molar-refractivity contribution in [2.45, 2.75) is 44.4 Å². The molecule has 1 aromatic carbocycles. The number of amides is 1. The Kier molecular flexibility index (Phi) is 6.86. The largest absolute Gasteiger partial charge is 0.486 e. The van der Waals surface area contributed by atoms with E-state index < -0.39 is 6.10 Å². The number of nitrogens with one attached hydrogen (secondary N) is 1. The Balaban J connectivity index is 1.39. The Morgan fingerprint density at radius 1 is 1.20 bits per heavy atom. The fraction of sp³-hybridized carbons (Fsp3) is 0.545. The zero-order valence-corrected chi connectivity index (χ0v) is 17.2. The van der Waals surface area contributed by atoms with Crippen molar-refractivity contribution in [2.75, 3.05) is 32.8 Å². The molecule has 0 radical (unpaired) electrons. The molecule has 0 bridgehead atoms. The first-order chi connectivity index (χ1) is 14.7. The highest BCUT2D eigenvalue weighted by molar-refractivity contribution is 5.76. The Labute approximate surface area is 176 Å². The van der Waals surface area contributed by atoms with Gasteiger partial charge in [0.1, 0.15) is 19.3 Å². The Morgan fingerprint density at radius 2 is 2.00 bits per heavy atom. The number of likely N-dealkylation sites (tertiary alicyclic amines) is 1. The third-order valence-electron chi connectivity index (χ3n) is 5.64. The first kappa shape index (κ1) is 20.7. The Bertz CT molecular complexity index is 821. The van der Waals surface area contributed by atoms with Gasteiger partial charge in [-0.1, -0.05) is 6.07 Å². The second kappa shape index (κ2) is 9.95. The number of hydrogen-bond donors (Lipinski definition) is 2. The van der Waals surface area contributed by atoms with Crippen molar-refractivity contribution in [3.63, 3.8) is 0 Å². The van der Waals surface area contributed by atoms with Crippen LogP contribution in [0.25, 0.3) is 0 Å². The third kappa shape index (κ3) is 5.31. The van der Waals surface area contributed by atoms with E-state index in [1.54, 1.807) is 6.20 Å². The quantitative estimate of drug-likeness (QED) is 0.650. The molecule has 4 rings (SSSR count). The molecule has 2 atom stereocenters. The maximum Gasteiger partial charge on any atom is 0.220 e. The summed E-state index contributed by atoms with van der Waals surface area (Å²) in [6.07, 6.45) is 6.20. The first-order valence-electron chi connectivity index (χ1n) is 10.8. The van der Waals surface area contributed by atoms with Crippen LogP contribution in [-0.4, -0.2) is 64.6 Å². The van der Waals surface area contributed by atoms with Crippen molar-refractivity contribution >= 4 is 5.91 Å². The van der Waals surface area contributed by atoms with Crippen LogP contribution in [0.2, 0.25) is 0 Å². The molecule has 1 amide bonds. The topological polar surface area (TPSA) is 88.9 Å². The predicted octanol–water partition coefficient (Wildman–Crippen LogP) is 1.75. The van der Waals surface area contributed by atoms with E-state index in [0.717, 1.165) is 31.5 Å². The summed E-state index contributed by atoms with van der Waals surface area (Å²) < 4.78 is 13.0. The highest BCUT2D eigenvalue weighted by atomic mass is 16.6. The zero-order chi connectivity index (χ0) is 20.8. The van der Waals surface area contributed by atoms with Gasteiger partial charge in [0.2, 0.25) is 5.91 Å². The fourth-order valence-corrected chi connectivity index (χ4v) is 4.06. The molecule has 1 aromatic heterocycles. The van der Waals surface area contributed by atoms with E-state index in [9.17, 15) is 9.90 Å². The lowest BCUT2D eigenvalue weighted by atomic mass is 10.0. The number of carbonyl (C=O) groups excluding carboxylic acids is 1. The van der Waals surface area contributed by atoms with Crippen LogP contribution in [0.5, 0.6) is 11.5 Å². The molecule has 2 aliphatic heterocycles. The number of ether oxygens (including phenoxy) is 2. The molecule has 8 heteroatoms. The lowest BCUT2D eigenvalue weighted by Crippen LogP contribution is -2.46. The summed E-state index contributed by atoms with van der Waals surface area (Å²) in [4.78, 5) is 14.9. The molecule has 1 fully saturated rings. The van der Waals surface area contributed by atoms with Crippen LogP contribution in [0.1, 0.15) is 37.4 Å². The van der Waals surface area contributed by atoms with Crippen LogP contribution >= 0.6 is 0 Å². The normalized spacial score (nSPS) is 18.2. The summed E-state index contributed by atoms with van der Waals surface area (Å²) in [6, 6.07) is 6.98. The van der Waals surface area contributed by atoms with Crippen LogP contribution in [0.15, 0.2) is 36.7 Å². The molecule has 0 spiro atoms. The van der Waals surface area contributed by atoms with Gasteiger partial charge < -0.3 is 24.8 Å². The van der Waals surface area contributed by atoms with Crippen molar-refractivity contribution in [1.29, 1.82) is 0 Å². The number of fused-ring (bicyclic) bond motifs is 1. The summed E-state index contributed by atoms with van der Waals surface area (Å²) in [7, 11) is 0. The smallest absolute Gasteiger partial charge is 0.220 e. The van der Waals surface area contributed by atoms with E-state index in [0.29, 0.717) is 50.6 Å². The van der Waals surface area contributed by atoms with E-state index in [1.165, 1.54) is 0 Å². The van der Waals surface area contributed by atoms with Crippen molar-refractivity contribution in [3.8, 4) is 11.5 Å². The van der Waals surface area contributed by atoms with Gasteiger partial charge in [-0.25, -0.2) is 0 Å². The van der Waals surface area contributed by atoms with Gasteiger partial charge in [0.15, 0.2) is 11.5 Å². The van der Waals surface area contributed by atoms with Crippen LogP contribution in [0.4, 0.5) is 0 Å². The summed E-state index contributed by atoms with van der Waals surface area (Å²) >= 11 is 0. The first-order valence-corrected chi connectivity index (χ1v) is 10.8. The number of aliphatic hydroxyl groups is 1. The molecule has 0 unspecified atom stereocenters. The predicted molar refractivity (Wildman–Crippen MR) is 111 cm³/mol. The Hall–Kier alpha value is -2.58. The van der Waals surface area contributed by atoms with E-state index in [2.05, 4.69) is 15.3 Å². The molecule has 162 valence electrons. The summed E-state index contributed by atoms with van der Waals surface area (Å²) in [5.74, 6) is 1.28. The van der Waals surface area contributed by atoms with Gasteiger partial charge >= 0.3 is 0 Å². The van der Waals surface area contributed by atoms with Gasteiger partial charge in [-0.15, -0.1) is 0 Å². The van der Waals surface area contributed by atoms with Crippen LogP contribution < -0.4 is 14.8 Å². The maximum atomic E-state index is 12.6. The molecule has 3 heterocycles. The molecule has 2 N–H and O–H groups in total. The number of aliphatic hydroxyl groups excluding tert-OH is 1. The Morgan fingerprint density at radius 3 is 2.77 bits per heavy atom. The second-order valence-electron chi connectivity index (χ2n) is 7.90. The molecule has 2 aromatic rings. The molecule has 8 nitrogen and oxygen atoms in total. The molecular weight excluding hydrogens is 384 g/mol. The van der Waals surface area contributed by atoms with E-state index in [-0.39, 0.29) is 11.9 Å². The average Bonchev–Trinajstić information content (AvgIpc) is 3.47. The average molecular weight is 415 g/mol. The lowest BCUT2D eigenvalue weighted by Gasteiger charge is -2.29. The van der Waals surface area contributed by atoms with Gasteiger partial charge in [0, 0.05) is 31.9 Å².